The number of rotatable bonds is 14. The molecule has 0 fully saturated rings. The SMILES string of the molecule is COc1cc(-c2cc(C[N+](CCO)(C(C(N)=O)C(C)C)S(=O)(=O)c3ccccc3[N+](=O)[O-])ccn2)cc(OC)c1OC. The number of hydrogen-bond donors (Lipinski definition) is 2. The fourth-order valence-electron chi connectivity index (χ4n) is 5.23. The van der Waals surface area contributed by atoms with Crippen molar-refractivity contribution in [1.82, 2.24) is 4.98 Å². The van der Waals surface area contributed by atoms with Crippen molar-refractivity contribution in [3.8, 4) is 28.5 Å². The molecule has 226 valence electrons. The molecule has 0 spiro atoms. The molecule has 13 nitrogen and oxygen atoms in total. The van der Waals surface area contributed by atoms with Crippen molar-refractivity contribution in [3.05, 3.63) is 70.4 Å². The highest BCUT2D eigenvalue weighted by atomic mass is 32.2. The first-order chi connectivity index (χ1) is 19.9. The van der Waals surface area contributed by atoms with Crippen molar-refractivity contribution in [2.45, 2.75) is 31.3 Å². The lowest BCUT2D eigenvalue weighted by Crippen LogP contribution is -2.65. The molecule has 2 aromatic carbocycles. The summed E-state index contributed by atoms with van der Waals surface area (Å²) in [4.78, 5) is 27.8. The van der Waals surface area contributed by atoms with Gasteiger partial charge in [0.2, 0.25) is 5.75 Å². The van der Waals surface area contributed by atoms with Gasteiger partial charge in [-0.15, -0.1) is 0 Å². The first-order valence-electron chi connectivity index (χ1n) is 12.9. The van der Waals surface area contributed by atoms with Gasteiger partial charge >= 0.3 is 10.0 Å². The van der Waals surface area contributed by atoms with E-state index in [9.17, 15) is 28.4 Å². The number of nitrogens with two attached hydrogens (primary N) is 1. The topological polar surface area (TPSA) is 181 Å². The van der Waals surface area contributed by atoms with Crippen molar-refractivity contribution in [3.63, 3.8) is 0 Å². The first-order valence-corrected chi connectivity index (χ1v) is 14.3. The van der Waals surface area contributed by atoms with Crippen LogP contribution in [0.15, 0.2) is 59.6 Å². The number of ether oxygens (including phenoxy) is 3. The molecule has 1 heterocycles. The molecule has 0 bridgehead atoms. The van der Waals surface area contributed by atoms with Gasteiger partial charge in [-0.2, -0.15) is 12.3 Å². The molecule has 0 aliphatic carbocycles. The number of primary amides is 1. The van der Waals surface area contributed by atoms with Crippen LogP contribution in [0, 0.1) is 16.0 Å². The van der Waals surface area contributed by atoms with E-state index in [1.54, 1.807) is 38.1 Å². The van der Waals surface area contributed by atoms with Crippen molar-refractivity contribution in [2.24, 2.45) is 11.7 Å². The van der Waals surface area contributed by atoms with Crippen molar-refractivity contribution in [1.29, 1.82) is 0 Å². The number of aliphatic hydroxyl groups is 1. The molecule has 0 saturated carbocycles. The standard InChI is InChI=1S/C28H34N4O9S/c1-18(2)26(28(29)34)32(12-13-33,42(37,38)25-9-7-6-8-22(25)31(35)36)17-19-10-11-30-21(14-19)20-15-23(39-3)27(41-5)24(16-20)40-4/h6-11,14-16,18,26,33H,12-13,17H2,1-5H3,(H-,29,34)/p+1. The second-order valence-corrected chi connectivity index (χ2v) is 11.9. The lowest BCUT2D eigenvalue weighted by molar-refractivity contribution is -0.841. The van der Waals surface area contributed by atoms with E-state index < -0.39 is 60.4 Å². The fraction of sp³-hybridized carbons (Fsp3) is 0.357. The number of sulfonamides is 1. The Morgan fingerprint density at radius 2 is 1.69 bits per heavy atom. The number of amides is 1. The zero-order valence-electron chi connectivity index (χ0n) is 24.0. The molecule has 0 radical (unpaired) electrons. The average Bonchev–Trinajstić information content (AvgIpc) is 2.95. The minimum atomic E-state index is -4.74. The van der Waals surface area contributed by atoms with Crippen LogP contribution in [0.4, 0.5) is 5.69 Å². The van der Waals surface area contributed by atoms with E-state index in [2.05, 4.69) is 4.98 Å². The van der Waals surface area contributed by atoms with E-state index in [1.807, 2.05) is 0 Å². The fourth-order valence-corrected chi connectivity index (χ4v) is 7.57. The largest absolute Gasteiger partial charge is 0.493 e. The Balaban J connectivity index is 2.30. The Hall–Kier alpha value is -4.27. The number of aromatic nitrogens is 1. The monoisotopic (exact) mass is 603 g/mol. The number of nitro benzene ring substituents is 1. The number of quaternary nitrogens is 1. The first kappa shape index (κ1) is 32.2. The van der Waals surface area contributed by atoms with Crippen LogP contribution in [0.1, 0.15) is 19.4 Å². The summed E-state index contributed by atoms with van der Waals surface area (Å²) in [5, 5.41) is 22.0. The maximum Gasteiger partial charge on any atom is 0.335 e. The van der Waals surface area contributed by atoms with E-state index in [0.717, 1.165) is 12.1 Å². The third-order valence-corrected chi connectivity index (χ3v) is 9.36. The van der Waals surface area contributed by atoms with Gasteiger partial charge in [-0.05, 0) is 30.3 Å². The number of hydrogen-bond acceptors (Lipinski definition) is 10. The number of para-hydroxylation sites is 1. The van der Waals surface area contributed by atoms with Gasteiger partial charge in [0.15, 0.2) is 22.4 Å². The third-order valence-electron chi connectivity index (χ3n) is 6.96. The van der Waals surface area contributed by atoms with Gasteiger partial charge in [-0.25, -0.2) is 0 Å². The van der Waals surface area contributed by atoms with E-state index in [-0.39, 0.29) is 6.54 Å². The predicted octanol–water partition coefficient (Wildman–Crippen LogP) is 2.89. The highest BCUT2D eigenvalue weighted by Gasteiger charge is 2.54. The van der Waals surface area contributed by atoms with Gasteiger partial charge in [0.05, 0.1) is 38.6 Å². The third kappa shape index (κ3) is 6.00. The van der Waals surface area contributed by atoms with Gasteiger partial charge in [-0.1, -0.05) is 26.0 Å². The number of carbonyl (C=O) groups excluding carboxylic acids is 1. The molecule has 3 rings (SSSR count). The highest BCUT2D eigenvalue weighted by molar-refractivity contribution is 7.86. The van der Waals surface area contributed by atoms with Crippen LogP contribution in [0.5, 0.6) is 17.2 Å². The number of benzene rings is 2. The summed E-state index contributed by atoms with van der Waals surface area (Å²) in [6.45, 7) is 1.77. The molecule has 0 aliphatic heterocycles. The van der Waals surface area contributed by atoms with Crippen LogP contribution in [-0.4, -0.2) is 73.8 Å². The molecule has 3 N–H and O–H groups in total. The number of methoxy groups -OCH3 is 3. The van der Waals surface area contributed by atoms with Crippen LogP contribution in [0.25, 0.3) is 11.3 Å². The molecule has 1 amide bonds. The van der Waals surface area contributed by atoms with E-state index in [4.69, 9.17) is 19.9 Å². The lowest BCUT2D eigenvalue weighted by Gasteiger charge is -2.42. The lowest BCUT2D eigenvalue weighted by atomic mass is 10.0. The Kier molecular flexibility index (Phi) is 10.1. The molecular weight excluding hydrogens is 568 g/mol. The number of carbonyl (C=O) groups is 1. The Morgan fingerprint density at radius 1 is 1.07 bits per heavy atom. The second kappa shape index (κ2) is 13.1. The minimum absolute atomic E-state index is 0.360. The Labute approximate surface area is 244 Å². The quantitative estimate of drug-likeness (QED) is 0.158. The van der Waals surface area contributed by atoms with Gasteiger partial charge in [0.1, 0.15) is 13.1 Å². The van der Waals surface area contributed by atoms with Crippen molar-refractivity contribution in [2.75, 3.05) is 34.5 Å². The summed E-state index contributed by atoms with van der Waals surface area (Å²) in [6.07, 6.45) is 1.47. The molecule has 0 aliphatic rings. The van der Waals surface area contributed by atoms with Crippen LogP contribution in [0.2, 0.25) is 0 Å². The summed E-state index contributed by atoms with van der Waals surface area (Å²) < 4.78 is 44.2. The van der Waals surface area contributed by atoms with Crippen LogP contribution < -0.4 is 19.9 Å². The number of aliphatic hydroxyl groups excluding tert-OH is 1. The molecule has 2 unspecified atom stereocenters. The van der Waals surface area contributed by atoms with Gasteiger partial charge in [0.25, 0.3) is 11.6 Å². The van der Waals surface area contributed by atoms with Crippen LogP contribution in [0.3, 0.4) is 0 Å². The maximum atomic E-state index is 14.5. The Bertz CT molecular complexity index is 1540. The van der Waals surface area contributed by atoms with Crippen molar-refractivity contribution < 1.29 is 41.3 Å². The molecule has 3 aromatic rings. The summed E-state index contributed by atoms with van der Waals surface area (Å²) in [6, 6.07) is 10.1. The average molecular weight is 604 g/mol. The van der Waals surface area contributed by atoms with Crippen LogP contribution in [-0.2, 0) is 21.4 Å². The number of nitrogens with zero attached hydrogens (tertiary/aromatic N) is 3. The van der Waals surface area contributed by atoms with Gasteiger partial charge in [0, 0.05) is 29.3 Å². The molecule has 0 saturated heterocycles. The predicted molar refractivity (Wildman–Crippen MR) is 153 cm³/mol. The molecular formula is C28H35N4O9S+. The van der Waals surface area contributed by atoms with E-state index in [1.165, 1.54) is 39.7 Å². The smallest absolute Gasteiger partial charge is 0.335 e. The number of nitro groups is 1. The van der Waals surface area contributed by atoms with Crippen LogP contribution >= 0.6 is 0 Å². The molecule has 2 atom stereocenters. The molecule has 1 aromatic heterocycles. The Morgan fingerprint density at radius 3 is 2.19 bits per heavy atom. The molecule has 42 heavy (non-hydrogen) atoms. The second-order valence-electron chi connectivity index (χ2n) is 9.81. The number of pyridine rings is 1. The summed E-state index contributed by atoms with van der Waals surface area (Å²) in [5.74, 6) is -0.438. The summed E-state index contributed by atoms with van der Waals surface area (Å²) >= 11 is 0. The zero-order valence-corrected chi connectivity index (χ0v) is 24.8. The molecule has 14 heteroatoms. The normalized spacial score (nSPS) is 13.7. The summed E-state index contributed by atoms with van der Waals surface area (Å²) in [7, 11) is -0.332. The van der Waals surface area contributed by atoms with Gasteiger partial charge < -0.3 is 25.1 Å². The maximum absolute atomic E-state index is 14.5. The van der Waals surface area contributed by atoms with E-state index in [0.29, 0.717) is 34.1 Å². The van der Waals surface area contributed by atoms with Crippen molar-refractivity contribution >= 4 is 21.6 Å². The zero-order chi connectivity index (χ0) is 31.2. The highest BCUT2D eigenvalue weighted by Crippen LogP contribution is 2.42. The van der Waals surface area contributed by atoms with E-state index >= 15 is 0 Å². The van der Waals surface area contributed by atoms with Gasteiger partial charge in [-0.3, -0.25) is 19.9 Å². The summed E-state index contributed by atoms with van der Waals surface area (Å²) in [5.41, 5.74) is 6.54. The minimum Gasteiger partial charge on any atom is -0.493 e.